The monoisotopic (exact) mass is 292 g/mol. The number of thiocarbonyl (C=S) groups is 1. The van der Waals surface area contributed by atoms with Gasteiger partial charge in [0, 0.05) is 19.1 Å². The zero-order chi connectivity index (χ0) is 14.5. The first kappa shape index (κ1) is 15.3. The average molecular weight is 292 g/mol. The van der Waals surface area contributed by atoms with Crippen LogP contribution in [0, 0.1) is 5.92 Å². The van der Waals surface area contributed by atoms with Crippen molar-refractivity contribution in [1.29, 1.82) is 0 Å². The van der Waals surface area contributed by atoms with Crippen LogP contribution in [0.4, 0.5) is 0 Å². The molecule has 0 spiro atoms. The summed E-state index contributed by atoms with van der Waals surface area (Å²) < 4.78 is 5.87. The summed E-state index contributed by atoms with van der Waals surface area (Å²) in [6, 6.07) is 8.26. The lowest BCUT2D eigenvalue weighted by molar-refractivity contribution is 0.170. The van der Waals surface area contributed by atoms with E-state index in [2.05, 4.69) is 18.7 Å². The first-order valence-corrected chi connectivity index (χ1v) is 7.74. The summed E-state index contributed by atoms with van der Waals surface area (Å²) in [7, 11) is 0. The van der Waals surface area contributed by atoms with Crippen LogP contribution in [0.15, 0.2) is 24.3 Å². The van der Waals surface area contributed by atoms with E-state index in [4.69, 9.17) is 22.7 Å². The Morgan fingerprint density at radius 1 is 1.40 bits per heavy atom. The molecule has 0 heterocycles. The van der Waals surface area contributed by atoms with E-state index in [9.17, 15) is 0 Å². The van der Waals surface area contributed by atoms with Crippen LogP contribution in [0.1, 0.15) is 32.3 Å². The second-order valence-corrected chi connectivity index (χ2v) is 6.18. The normalized spacial score (nSPS) is 14.8. The number of nitrogens with two attached hydrogens (primary N) is 1. The molecule has 0 radical (unpaired) electrons. The predicted octanol–water partition coefficient (Wildman–Crippen LogP) is 2.82. The van der Waals surface area contributed by atoms with Crippen molar-refractivity contribution in [2.75, 3.05) is 19.7 Å². The molecule has 1 aromatic carbocycles. The molecule has 3 nitrogen and oxygen atoms in total. The van der Waals surface area contributed by atoms with Gasteiger partial charge in [-0.1, -0.05) is 24.4 Å². The van der Waals surface area contributed by atoms with E-state index in [1.807, 2.05) is 24.3 Å². The topological polar surface area (TPSA) is 38.5 Å². The number of para-hydroxylation sites is 1. The minimum absolute atomic E-state index is 0.388. The maximum atomic E-state index is 5.87. The Kier molecular flexibility index (Phi) is 5.38. The highest BCUT2D eigenvalue weighted by Gasteiger charge is 2.25. The smallest absolute Gasteiger partial charge is 0.129 e. The summed E-state index contributed by atoms with van der Waals surface area (Å²) >= 11 is 5.05. The molecule has 0 bridgehead atoms. The lowest BCUT2D eigenvalue weighted by Crippen LogP contribution is -2.36. The van der Waals surface area contributed by atoms with Gasteiger partial charge in [0.05, 0.1) is 5.56 Å². The lowest BCUT2D eigenvalue weighted by atomic mass is 10.2. The molecule has 0 aliphatic heterocycles. The van der Waals surface area contributed by atoms with Crippen LogP contribution in [0.25, 0.3) is 0 Å². The first-order valence-electron chi connectivity index (χ1n) is 7.33. The van der Waals surface area contributed by atoms with Gasteiger partial charge in [0.25, 0.3) is 0 Å². The number of hydrogen-bond donors (Lipinski definition) is 1. The fourth-order valence-electron chi connectivity index (χ4n) is 2.26. The van der Waals surface area contributed by atoms with Crippen LogP contribution in [0.5, 0.6) is 5.75 Å². The molecule has 110 valence electrons. The molecule has 0 atom stereocenters. The predicted molar refractivity (Wildman–Crippen MR) is 87.3 cm³/mol. The van der Waals surface area contributed by atoms with E-state index >= 15 is 0 Å². The van der Waals surface area contributed by atoms with Crippen molar-refractivity contribution >= 4 is 17.2 Å². The molecule has 4 heteroatoms. The second-order valence-electron chi connectivity index (χ2n) is 5.74. The number of ether oxygens (including phenoxy) is 1. The van der Waals surface area contributed by atoms with Crippen molar-refractivity contribution in [3.8, 4) is 5.75 Å². The fraction of sp³-hybridized carbons (Fsp3) is 0.562. The third kappa shape index (κ3) is 4.46. The first-order chi connectivity index (χ1) is 9.58. The Hall–Kier alpha value is -1.13. The van der Waals surface area contributed by atoms with Gasteiger partial charge in [-0.05, 0) is 44.7 Å². The molecule has 2 rings (SSSR count). The molecular formula is C16H24N2OS. The molecule has 2 N–H and O–H groups in total. The molecule has 0 saturated heterocycles. The fourth-order valence-corrected chi connectivity index (χ4v) is 2.43. The van der Waals surface area contributed by atoms with Gasteiger partial charge in [0.1, 0.15) is 17.3 Å². The van der Waals surface area contributed by atoms with Crippen molar-refractivity contribution in [2.24, 2.45) is 11.7 Å². The van der Waals surface area contributed by atoms with E-state index in [1.54, 1.807) is 0 Å². The number of nitrogens with zero attached hydrogens (tertiary/aromatic N) is 1. The molecule has 1 aliphatic rings. The minimum Gasteiger partial charge on any atom is -0.492 e. The van der Waals surface area contributed by atoms with E-state index in [0.29, 0.717) is 17.6 Å². The maximum absolute atomic E-state index is 5.87. The third-order valence-corrected chi connectivity index (χ3v) is 3.93. The Labute approximate surface area is 127 Å². The number of hydrogen-bond acceptors (Lipinski definition) is 3. The largest absolute Gasteiger partial charge is 0.492 e. The van der Waals surface area contributed by atoms with Gasteiger partial charge < -0.3 is 10.5 Å². The zero-order valence-corrected chi connectivity index (χ0v) is 13.2. The van der Waals surface area contributed by atoms with Crippen molar-refractivity contribution < 1.29 is 4.74 Å². The van der Waals surface area contributed by atoms with E-state index in [1.165, 1.54) is 19.4 Å². The van der Waals surface area contributed by atoms with Crippen LogP contribution in [-0.2, 0) is 0 Å². The zero-order valence-electron chi connectivity index (χ0n) is 12.3. The molecule has 1 saturated carbocycles. The molecule has 1 fully saturated rings. The Morgan fingerprint density at radius 2 is 2.10 bits per heavy atom. The number of rotatable bonds is 8. The summed E-state index contributed by atoms with van der Waals surface area (Å²) in [5.41, 5.74) is 6.53. The van der Waals surface area contributed by atoms with Gasteiger partial charge in [0.2, 0.25) is 0 Å². The van der Waals surface area contributed by atoms with Crippen LogP contribution in [0.2, 0.25) is 0 Å². The van der Waals surface area contributed by atoms with Gasteiger partial charge in [-0.3, -0.25) is 4.90 Å². The third-order valence-electron chi connectivity index (χ3n) is 3.71. The molecule has 20 heavy (non-hydrogen) atoms. The van der Waals surface area contributed by atoms with Gasteiger partial charge in [-0.15, -0.1) is 0 Å². The summed E-state index contributed by atoms with van der Waals surface area (Å²) in [6.45, 7) is 7.29. The average Bonchev–Trinajstić information content (AvgIpc) is 3.21. The Balaban J connectivity index is 1.86. The molecule has 0 aromatic heterocycles. The molecule has 0 unspecified atom stereocenters. The van der Waals surface area contributed by atoms with Crippen LogP contribution < -0.4 is 10.5 Å². The van der Waals surface area contributed by atoms with Crippen LogP contribution >= 0.6 is 12.2 Å². The van der Waals surface area contributed by atoms with E-state index < -0.39 is 0 Å². The summed E-state index contributed by atoms with van der Waals surface area (Å²) in [5.74, 6) is 1.69. The van der Waals surface area contributed by atoms with Crippen molar-refractivity contribution in [1.82, 2.24) is 4.90 Å². The minimum atomic E-state index is 0.388. The highest BCUT2D eigenvalue weighted by molar-refractivity contribution is 7.80. The summed E-state index contributed by atoms with van der Waals surface area (Å²) in [5, 5.41) is 0. The molecule has 1 aromatic rings. The highest BCUT2D eigenvalue weighted by atomic mass is 32.1. The van der Waals surface area contributed by atoms with Crippen LogP contribution in [-0.4, -0.2) is 35.6 Å². The van der Waals surface area contributed by atoms with Crippen molar-refractivity contribution in [3.63, 3.8) is 0 Å². The molecule has 1 aliphatic carbocycles. The van der Waals surface area contributed by atoms with E-state index in [0.717, 1.165) is 23.8 Å². The Morgan fingerprint density at radius 3 is 2.70 bits per heavy atom. The standard InChI is InChI=1S/C16H24N2OS/c1-12(2)18(11-13-7-8-13)9-10-19-15-6-4-3-5-14(15)16(17)20/h3-6,12-13H,7-11H2,1-2H3,(H2,17,20). The van der Waals surface area contributed by atoms with Crippen LogP contribution in [0.3, 0.4) is 0 Å². The second kappa shape index (κ2) is 7.04. The summed E-state index contributed by atoms with van der Waals surface area (Å²) in [4.78, 5) is 2.88. The highest BCUT2D eigenvalue weighted by Crippen LogP contribution is 2.30. The SMILES string of the molecule is CC(C)N(CCOc1ccccc1C(N)=S)CC1CC1. The van der Waals surface area contributed by atoms with E-state index in [-0.39, 0.29) is 0 Å². The molecular weight excluding hydrogens is 268 g/mol. The molecule has 0 amide bonds. The lowest BCUT2D eigenvalue weighted by Gasteiger charge is -2.26. The summed E-state index contributed by atoms with van der Waals surface area (Å²) in [6.07, 6.45) is 2.77. The Bertz CT molecular complexity index is 458. The van der Waals surface area contributed by atoms with Crippen molar-refractivity contribution in [2.45, 2.75) is 32.7 Å². The van der Waals surface area contributed by atoms with Gasteiger partial charge in [-0.2, -0.15) is 0 Å². The van der Waals surface area contributed by atoms with Crippen molar-refractivity contribution in [3.05, 3.63) is 29.8 Å². The number of benzene rings is 1. The quantitative estimate of drug-likeness (QED) is 0.748. The van der Waals surface area contributed by atoms with Gasteiger partial charge >= 0.3 is 0 Å². The van der Waals surface area contributed by atoms with Gasteiger partial charge in [0.15, 0.2) is 0 Å². The maximum Gasteiger partial charge on any atom is 0.129 e. The van der Waals surface area contributed by atoms with Gasteiger partial charge in [-0.25, -0.2) is 0 Å².